The molecule has 166 valence electrons. The van der Waals surface area contributed by atoms with E-state index in [-0.39, 0.29) is 17.8 Å². The number of carbonyl (C=O) groups is 1. The van der Waals surface area contributed by atoms with Crippen LogP contribution in [0.5, 0.6) is 0 Å². The summed E-state index contributed by atoms with van der Waals surface area (Å²) >= 11 is 0. The summed E-state index contributed by atoms with van der Waals surface area (Å²) < 4.78 is 32.7. The summed E-state index contributed by atoms with van der Waals surface area (Å²) in [4.78, 5) is 14.2. The average molecular weight is 437 g/mol. The van der Waals surface area contributed by atoms with Gasteiger partial charge in [0.1, 0.15) is 12.5 Å². The van der Waals surface area contributed by atoms with Crippen molar-refractivity contribution in [3.05, 3.63) is 23.5 Å². The standard InChI is InChI=1S/C21H33BFNO5Si/c1-19(2)20(3,4)29-22(28-19)15-12-17-14(11-16(15)23)21(5,26)18(25)24(17)13-27-9-10-30(6,7)8/h11-12,26H,9-10,13H2,1-8H3. The molecule has 0 aromatic heterocycles. The van der Waals surface area contributed by atoms with Gasteiger partial charge < -0.3 is 19.2 Å². The van der Waals surface area contributed by atoms with E-state index in [9.17, 15) is 9.90 Å². The highest BCUT2D eigenvalue weighted by Gasteiger charge is 2.54. The van der Waals surface area contributed by atoms with Crippen LogP contribution >= 0.6 is 0 Å². The summed E-state index contributed by atoms with van der Waals surface area (Å²) in [5.74, 6) is -1.11. The van der Waals surface area contributed by atoms with Gasteiger partial charge in [0, 0.05) is 25.7 Å². The van der Waals surface area contributed by atoms with Crippen LogP contribution in [0.2, 0.25) is 25.7 Å². The van der Waals surface area contributed by atoms with Gasteiger partial charge in [-0.3, -0.25) is 9.69 Å². The number of aliphatic hydroxyl groups is 1. The molecule has 1 N–H and O–H groups in total. The lowest BCUT2D eigenvalue weighted by Crippen LogP contribution is -2.41. The van der Waals surface area contributed by atoms with Crippen LogP contribution in [-0.2, 0) is 24.4 Å². The minimum absolute atomic E-state index is 0.000896. The van der Waals surface area contributed by atoms with Crippen molar-refractivity contribution < 1.29 is 28.3 Å². The third kappa shape index (κ3) is 4.10. The zero-order chi connectivity index (χ0) is 22.7. The van der Waals surface area contributed by atoms with Gasteiger partial charge in [0.15, 0.2) is 5.60 Å². The van der Waals surface area contributed by atoms with Gasteiger partial charge in [-0.15, -0.1) is 0 Å². The number of hydrogen-bond donors (Lipinski definition) is 1. The Bertz CT molecular complexity index is 837. The van der Waals surface area contributed by atoms with Gasteiger partial charge in [-0.1, -0.05) is 19.6 Å². The molecule has 3 rings (SSSR count). The lowest BCUT2D eigenvalue weighted by atomic mass is 9.77. The molecule has 0 aliphatic carbocycles. The van der Waals surface area contributed by atoms with Gasteiger partial charge in [-0.25, -0.2) is 4.39 Å². The Labute approximate surface area is 179 Å². The van der Waals surface area contributed by atoms with Crippen molar-refractivity contribution in [3.63, 3.8) is 0 Å². The fourth-order valence-electron chi connectivity index (χ4n) is 3.49. The van der Waals surface area contributed by atoms with Crippen LogP contribution in [-0.4, -0.2) is 50.7 Å². The molecule has 1 unspecified atom stereocenters. The minimum Gasteiger partial charge on any atom is -0.399 e. The fraction of sp³-hybridized carbons (Fsp3) is 0.667. The van der Waals surface area contributed by atoms with Crippen LogP contribution in [0.15, 0.2) is 12.1 Å². The summed E-state index contributed by atoms with van der Waals surface area (Å²) in [6, 6.07) is 3.70. The first kappa shape index (κ1) is 23.4. The molecule has 1 amide bonds. The van der Waals surface area contributed by atoms with Gasteiger partial charge in [-0.05, 0) is 52.8 Å². The highest BCUT2D eigenvalue weighted by molar-refractivity contribution is 6.76. The Morgan fingerprint density at radius 3 is 2.23 bits per heavy atom. The van der Waals surface area contributed by atoms with E-state index in [0.29, 0.717) is 12.3 Å². The molecule has 0 bridgehead atoms. The summed E-state index contributed by atoms with van der Waals surface area (Å²) in [6.07, 6.45) is 0. The zero-order valence-corrected chi connectivity index (χ0v) is 20.3. The normalized spacial score (nSPS) is 25.2. The lowest BCUT2D eigenvalue weighted by molar-refractivity contribution is -0.135. The monoisotopic (exact) mass is 437 g/mol. The van der Waals surface area contributed by atoms with Crippen molar-refractivity contribution in [1.82, 2.24) is 0 Å². The Morgan fingerprint density at radius 1 is 1.13 bits per heavy atom. The number of hydrogen-bond acceptors (Lipinski definition) is 5. The van der Waals surface area contributed by atoms with E-state index in [4.69, 9.17) is 14.0 Å². The first-order chi connectivity index (χ1) is 13.6. The molecule has 1 saturated heterocycles. The molecule has 2 heterocycles. The second-order valence-electron chi connectivity index (χ2n) is 10.6. The molecule has 1 atom stereocenters. The predicted octanol–water partition coefficient (Wildman–Crippen LogP) is 2.99. The van der Waals surface area contributed by atoms with Crippen LogP contribution < -0.4 is 10.4 Å². The van der Waals surface area contributed by atoms with E-state index >= 15 is 4.39 Å². The molecule has 6 nitrogen and oxygen atoms in total. The number of amides is 1. The molecule has 1 fully saturated rings. The van der Waals surface area contributed by atoms with Crippen LogP contribution in [0.1, 0.15) is 40.2 Å². The van der Waals surface area contributed by atoms with Gasteiger partial charge in [-0.2, -0.15) is 0 Å². The third-order valence-electron chi connectivity index (χ3n) is 6.32. The Morgan fingerprint density at radius 2 is 1.70 bits per heavy atom. The maximum atomic E-state index is 15.0. The van der Waals surface area contributed by atoms with E-state index in [1.165, 1.54) is 24.0 Å². The SMILES string of the molecule is CC1(O)C(=O)N(COCC[Si](C)(C)C)c2cc(B3OC(C)(C)C(C)(C)O3)c(F)cc21. The van der Waals surface area contributed by atoms with Crippen LogP contribution in [0, 0.1) is 5.82 Å². The minimum atomic E-state index is -1.81. The number of benzene rings is 1. The summed E-state index contributed by atoms with van der Waals surface area (Å²) in [6.45, 7) is 16.2. The van der Waals surface area contributed by atoms with Gasteiger partial charge in [0.25, 0.3) is 5.91 Å². The highest BCUT2D eigenvalue weighted by Crippen LogP contribution is 2.41. The first-order valence-electron chi connectivity index (χ1n) is 10.4. The molecular formula is C21H33BFNO5Si. The van der Waals surface area contributed by atoms with E-state index in [1.54, 1.807) is 0 Å². The molecule has 2 aliphatic heterocycles. The fourth-order valence-corrected chi connectivity index (χ4v) is 4.25. The first-order valence-corrected chi connectivity index (χ1v) is 14.1. The predicted molar refractivity (Wildman–Crippen MR) is 118 cm³/mol. The van der Waals surface area contributed by atoms with Crippen LogP contribution in [0.3, 0.4) is 0 Å². The molecule has 1 aromatic carbocycles. The number of fused-ring (bicyclic) bond motifs is 1. The topological polar surface area (TPSA) is 68.2 Å². The van der Waals surface area contributed by atoms with Gasteiger partial charge >= 0.3 is 7.12 Å². The zero-order valence-electron chi connectivity index (χ0n) is 19.3. The van der Waals surface area contributed by atoms with Gasteiger partial charge in [0.2, 0.25) is 0 Å². The van der Waals surface area contributed by atoms with Crippen LogP contribution in [0.4, 0.5) is 10.1 Å². The van der Waals surface area contributed by atoms with Gasteiger partial charge in [0.05, 0.1) is 16.9 Å². The molecule has 0 spiro atoms. The molecule has 0 radical (unpaired) electrons. The lowest BCUT2D eigenvalue weighted by Gasteiger charge is -2.32. The number of carbonyl (C=O) groups excluding carboxylic acids is 1. The van der Waals surface area contributed by atoms with Crippen molar-refractivity contribution in [1.29, 1.82) is 0 Å². The molecule has 30 heavy (non-hydrogen) atoms. The third-order valence-corrected chi connectivity index (χ3v) is 8.02. The quantitative estimate of drug-likeness (QED) is 0.548. The largest absolute Gasteiger partial charge is 0.497 e. The summed E-state index contributed by atoms with van der Waals surface area (Å²) in [7, 11) is -2.18. The van der Waals surface area contributed by atoms with Crippen LogP contribution in [0.25, 0.3) is 0 Å². The summed E-state index contributed by atoms with van der Waals surface area (Å²) in [5.41, 5.74) is -2.21. The number of ether oxygens (including phenoxy) is 1. The van der Waals surface area contributed by atoms with Crippen molar-refractivity contribution in [2.24, 2.45) is 0 Å². The molecule has 1 aromatic rings. The maximum Gasteiger partial charge on any atom is 0.497 e. The smallest absolute Gasteiger partial charge is 0.399 e. The average Bonchev–Trinajstić information content (AvgIpc) is 2.90. The number of halogens is 1. The van der Waals surface area contributed by atoms with E-state index in [0.717, 1.165) is 6.04 Å². The Balaban J connectivity index is 1.90. The maximum absolute atomic E-state index is 15.0. The number of rotatable bonds is 6. The molecule has 2 aliphatic rings. The Kier molecular flexibility index (Phi) is 5.78. The van der Waals surface area contributed by atoms with Crippen molar-refractivity contribution >= 4 is 32.2 Å². The second kappa shape index (κ2) is 7.41. The van der Waals surface area contributed by atoms with E-state index < -0.39 is 43.7 Å². The highest BCUT2D eigenvalue weighted by atomic mass is 28.3. The molecule has 9 heteroatoms. The molecular weight excluding hydrogens is 404 g/mol. The van der Waals surface area contributed by atoms with Crippen molar-refractivity contribution in [2.45, 2.75) is 77.1 Å². The Hall–Kier alpha value is -1.26. The van der Waals surface area contributed by atoms with E-state index in [1.807, 2.05) is 27.7 Å². The molecule has 0 saturated carbocycles. The number of nitrogens with zero attached hydrogens (tertiary/aromatic N) is 1. The van der Waals surface area contributed by atoms with Crippen molar-refractivity contribution in [3.8, 4) is 0 Å². The van der Waals surface area contributed by atoms with E-state index in [2.05, 4.69) is 19.6 Å². The second-order valence-corrected chi connectivity index (χ2v) is 16.3. The summed E-state index contributed by atoms with van der Waals surface area (Å²) in [5, 5.41) is 10.7. The van der Waals surface area contributed by atoms with Crippen molar-refractivity contribution in [2.75, 3.05) is 18.2 Å². The number of anilines is 1.